The maximum absolute atomic E-state index is 13.0. The second kappa shape index (κ2) is 10.0. The fourth-order valence-electron chi connectivity index (χ4n) is 3.78. The molecule has 0 bridgehead atoms. The molecule has 0 aromatic heterocycles. The first-order valence-electron chi connectivity index (χ1n) is 10.2. The second-order valence-electron chi connectivity index (χ2n) is 7.97. The minimum absolute atomic E-state index is 0.000895. The highest BCUT2D eigenvalue weighted by Crippen LogP contribution is 2.21. The summed E-state index contributed by atoms with van der Waals surface area (Å²) in [6.07, 6.45) is 1.46. The summed E-state index contributed by atoms with van der Waals surface area (Å²) in [5, 5.41) is 2.91. The van der Waals surface area contributed by atoms with Crippen molar-refractivity contribution in [3.05, 3.63) is 30.1 Å². The number of hydrogen-bond donors (Lipinski definition) is 1. The molecule has 2 amide bonds. The van der Waals surface area contributed by atoms with Crippen molar-refractivity contribution in [3.63, 3.8) is 0 Å². The number of rotatable bonds is 7. The summed E-state index contributed by atoms with van der Waals surface area (Å²) in [6.45, 7) is 6.72. The molecule has 1 atom stereocenters. The van der Waals surface area contributed by atoms with Gasteiger partial charge in [-0.15, -0.1) is 0 Å². The van der Waals surface area contributed by atoms with Crippen molar-refractivity contribution in [1.29, 1.82) is 0 Å². The average molecular weight is 407 g/mol. The topological polar surface area (TPSA) is 71.1 Å². The summed E-state index contributed by atoms with van der Waals surface area (Å²) in [5.74, 6) is 0.306. The van der Waals surface area contributed by atoms with E-state index in [9.17, 15) is 14.0 Å². The van der Waals surface area contributed by atoms with Gasteiger partial charge in [0.2, 0.25) is 11.8 Å². The number of nitrogens with zero attached hydrogens (tertiary/aromatic N) is 2. The molecule has 0 radical (unpaired) electrons. The number of halogens is 1. The van der Waals surface area contributed by atoms with E-state index in [4.69, 9.17) is 9.47 Å². The lowest BCUT2D eigenvalue weighted by molar-refractivity contribution is -0.155. The standard InChI is InChI=1S/C21H30FN3O4/c1-15(2)23-20(26)12-24-9-7-17(8-10-24)25-11-19(29-14-21(25)27)13-28-18-5-3-16(22)4-6-18/h3-6,15,17,19H,7-14H2,1-2H3,(H,23,26)/t19-/m1/s1. The summed E-state index contributed by atoms with van der Waals surface area (Å²) in [6, 6.07) is 6.15. The predicted octanol–water partition coefficient (Wildman–Crippen LogP) is 1.42. The summed E-state index contributed by atoms with van der Waals surface area (Å²) < 4.78 is 24.3. The van der Waals surface area contributed by atoms with Crippen molar-refractivity contribution in [2.45, 2.75) is 44.9 Å². The monoisotopic (exact) mass is 407 g/mol. The number of carbonyl (C=O) groups is 2. The molecule has 2 aliphatic rings. The molecule has 0 aliphatic carbocycles. The Hall–Kier alpha value is -2.19. The Kier molecular flexibility index (Phi) is 7.44. The molecule has 2 aliphatic heterocycles. The first kappa shape index (κ1) is 21.5. The lowest BCUT2D eigenvalue weighted by Gasteiger charge is -2.42. The van der Waals surface area contributed by atoms with Crippen LogP contribution in [0.25, 0.3) is 0 Å². The number of ether oxygens (including phenoxy) is 2. The minimum atomic E-state index is -0.309. The quantitative estimate of drug-likeness (QED) is 0.740. The summed E-state index contributed by atoms with van der Waals surface area (Å²) in [7, 11) is 0. The highest BCUT2D eigenvalue weighted by atomic mass is 19.1. The Bertz CT molecular complexity index is 690. The Labute approximate surface area is 171 Å². The molecule has 0 spiro atoms. The SMILES string of the molecule is CC(C)NC(=O)CN1CCC(N2C[C@H](COc3ccc(F)cc3)OCC2=O)CC1. The van der Waals surface area contributed by atoms with E-state index in [-0.39, 0.29) is 42.4 Å². The van der Waals surface area contributed by atoms with Gasteiger partial charge in [0.1, 0.15) is 30.9 Å². The van der Waals surface area contributed by atoms with E-state index in [2.05, 4.69) is 10.2 Å². The van der Waals surface area contributed by atoms with Crippen LogP contribution in [0.5, 0.6) is 5.75 Å². The van der Waals surface area contributed by atoms with Gasteiger partial charge >= 0.3 is 0 Å². The van der Waals surface area contributed by atoms with E-state index in [1.54, 1.807) is 12.1 Å². The number of morpholine rings is 1. The van der Waals surface area contributed by atoms with Crippen LogP contribution in [0, 0.1) is 5.82 Å². The highest BCUT2D eigenvalue weighted by Gasteiger charge is 2.34. The van der Waals surface area contributed by atoms with Crippen LogP contribution in [-0.2, 0) is 14.3 Å². The number of hydrogen-bond acceptors (Lipinski definition) is 5. The van der Waals surface area contributed by atoms with Crippen LogP contribution in [0.1, 0.15) is 26.7 Å². The largest absolute Gasteiger partial charge is 0.491 e. The molecular formula is C21H30FN3O4. The molecule has 8 heteroatoms. The third kappa shape index (κ3) is 6.40. The van der Waals surface area contributed by atoms with E-state index in [1.165, 1.54) is 12.1 Å². The molecule has 2 fully saturated rings. The minimum Gasteiger partial charge on any atom is -0.491 e. The molecule has 7 nitrogen and oxygen atoms in total. The van der Waals surface area contributed by atoms with Gasteiger partial charge in [0.25, 0.3) is 0 Å². The molecule has 29 heavy (non-hydrogen) atoms. The fraction of sp³-hybridized carbons (Fsp3) is 0.619. The summed E-state index contributed by atoms with van der Waals surface area (Å²) >= 11 is 0. The zero-order chi connectivity index (χ0) is 20.8. The molecule has 1 aromatic carbocycles. The number of amides is 2. The van der Waals surface area contributed by atoms with Gasteiger partial charge in [0.15, 0.2) is 0 Å². The molecule has 2 saturated heterocycles. The van der Waals surface area contributed by atoms with Crippen LogP contribution in [0.3, 0.4) is 0 Å². The van der Waals surface area contributed by atoms with Crippen LogP contribution < -0.4 is 10.1 Å². The van der Waals surface area contributed by atoms with Gasteiger partial charge in [-0.05, 0) is 51.0 Å². The molecule has 160 valence electrons. The predicted molar refractivity (Wildman–Crippen MR) is 106 cm³/mol. The average Bonchev–Trinajstić information content (AvgIpc) is 2.68. The molecule has 1 N–H and O–H groups in total. The molecule has 0 saturated carbocycles. The van der Waals surface area contributed by atoms with E-state index < -0.39 is 0 Å². The van der Waals surface area contributed by atoms with Gasteiger partial charge in [-0.3, -0.25) is 14.5 Å². The first-order chi connectivity index (χ1) is 13.9. The number of likely N-dealkylation sites (tertiary alicyclic amines) is 1. The molecule has 2 heterocycles. The second-order valence-corrected chi connectivity index (χ2v) is 7.97. The van der Waals surface area contributed by atoms with E-state index in [0.717, 1.165) is 25.9 Å². The Balaban J connectivity index is 1.45. The summed E-state index contributed by atoms with van der Waals surface area (Å²) in [5.41, 5.74) is 0. The molecule has 3 rings (SSSR count). The van der Waals surface area contributed by atoms with Gasteiger partial charge in [0.05, 0.1) is 13.1 Å². The van der Waals surface area contributed by atoms with Crippen LogP contribution >= 0.6 is 0 Å². The van der Waals surface area contributed by atoms with Crippen molar-refractivity contribution in [1.82, 2.24) is 15.1 Å². The maximum Gasteiger partial charge on any atom is 0.248 e. The van der Waals surface area contributed by atoms with E-state index >= 15 is 0 Å². The Morgan fingerprint density at radius 2 is 1.97 bits per heavy atom. The third-order valence-electron chi connectivity index (χ3n) is 5.23. The zero-order valence-corrected chi connectivity index (χ0v) is 17.1. The van der Waals surface area contributed by atoms with E-state index in [1.807, 2.05) is 18.7 Å². The number of piperidine rings is 1. The number of benzene rings is 1. The third-order valence-corrected chi connectivity index (χ3v) is 5.23. The van der Waals surface area contributed by atoms with Crippen LogP contribution in [0.4, 0.5) is 4.39 Å². The van der Waals surface area contributed by atoms with Crippen molar-refractivity contribution in [2.75, 3.05) is 39.4 Å². The van der Waals surface area contributed by atoms with Crippen LogP contribution in [0.2, 0.25) is 0 Å². The van der Waals surface area contributed by atoms with Crippen molar-refractivity contribution < 1.29 is 23.5 Å². The van der Waals surface area contributed by atoms with Crippen molar-refractivity contribution in [2.24, 2.45) is 0 Å². The van der Waals surface area contributed by atoms with Gasteiger partial charge in [-0.1, -0.05) is 0 Å². The normalized spacial score (nSPS) is 21.4. The van der Waals surface area contributed by atoms with Gasteiger partial charge in [-0.25, -0.2) is 4.39 Å². The molecule has 1 aromatic rings. The first-order valence-corrected chi connectivity index (χ1v) is 10.2. The molecule has 0 unspecified atom stereocenters. The zero-order valence-electron chi connectivity index (χ0n) is 17.1. The van der Waals surface area contributed by atoms with Crippen LogP contribution in [-0.4, -0.2) is 79.2 Å². The lowest BCUT2D eigenvalue weighted by atomic mass is 10.0. The van der Waals surface area contributed by atoms with Crippen molar-refractivity contribution >= 4 is 11.8 Å². The van der Waals surface area contributed by atoms with Gasteiger partial charge < -0.3 is 19.7 Å². The number of nitrogens with one attached hydrogen (secondary N) is 1. The lowest BCUT2D eigenvalue weighted by Crippen LogP contribution is -2.56. The maximum atomic E-state index is 13.0. The fourth-order valence-corrected chi connectivity index (χ4v) is 3.78. The van der Waals surface area contributed by atoms with Gasteiger partial charge in [-0.2, -0.15) is 0 Å². The van der Waals surface area contributed by atoms with Crippen LogP contribution in [0.15, 0.2) is 24.3 Å². The highest BCUT2D eigenvalue weighted by molar-refractivity contribution is 5.79. The number of carbonyl (C=O) groups excluding carboxylic acids is 2. The van der Waals surface area contributed by atoms with E-state index in [0.29, 0.717) is 25.4 Å². The smallest absolute Gasteiger partial charge is 0.248 e. The van der Waals surface area contributed by atoms with Gasteiger partial charge in [0, 0.05) is 25.2 Å². The summed E-state index contributed by atoms with van der Waals surface area (Å²) in [4.78, 5) is 28.3. The molecular weight excluding hydrogens is 377 g/mol. The Morgan fingerprint density at radius 1 is 1.28 bits per heavy atom. The Morgan fingerprint density at radius 3 is 2.62 bits per heavy atom. The van der Waals surface area contributed by atoms with Crippen molar-refractivity contribution in [3.8, 4) is 5.75 Å².